The van der Waals surface area contributed by atoms with Gasteiger partial charge in [0.25, 0.3) is 0 Å². The van der Waals surface area contributed by atoms with E-state index in [1.165, 1.54) is 0 Å². The van der Waals surface area contributed by atoms with Gasteiger partial charge in [-0.15, -0.1) is 0 Å². The molecule has 1 saturated carbocycles. The third kappa shape index (κ3) is 3.96. The van der Waals surface area contributed by atoms with Crippen LogP contribution in [0.3, 0.4) is 0 Å². The van der Waals surface area contributed by atoms with Crippen molar-refractivity contribution in [1.82, 2.24) is 5.32 Å². The Morgan fingerprint density at radius 3 is 2.35 bits per heavy atom. The van der Waals surface area contributed by atoms with Crippen LogP contribution in [0.25, 0.3) is 0 Å². The van der Waals surface area contributed by atoms with Crippen molar-refractivity contribution >= 4 is 0 Å². The zero-order chi connectivity index (χ0) is 14.6. The molecule has 2 nitrogen and oxygen atoms in total. The van der Waals surface area contributed by atoms with E-state index in [4.69, 9.17) is 4.74 Å². The summed E-state index contributed by atoms with van der Waals surface area (Å²) in [6.45, 7) is 0.457. The Balaban J connectivity index is 2.03. The molecule has 0 saturated heterocycles. The van der Waals surface area contributed by atoms with Crippen molar-refractivity contribution in [2.24, 2.45) is 0 Å². The maximum atomic E-state index is 12.7. The van der Waals surface area contributed by atoms with Crippen LogP contribution in [0.2, 0.25) is 0 Å². The molecule has 20 heavy (non-hydrogen) atoms. The number of ether oxygens (including phenoxy) is 1. The van der Waals surface area contributed by atoms with Gasteiger partial charge in [0, 0.05) is 19.7 Å². The molecular formula is C15H20F3NO. The average Bonchev–Trinajstić information content (AvgIpc) is 2.36. The number of hydrogen-bond donors (Lipinski definition) is 1. The average molecular weight is 287 g/mol. The molecule has 1 aromatic carbocycles. The molecule has 1 aliphatic rings. The maximum Gasteiger partial charge on any atom is 0.390 e. The number of alkyl halides is 3. The highest BCUT2D eigenvalue weighted by molar-refractivity contribution is 5.19. The van der Waals surface area contributed by atoms with E-state index in [9.17, 15) is 13.2 Å². The largest absolute Gasteiger partial charge is 0.390 e. The van der Waals surface area contributed by atoms with Gasteiger partial charge >= 0.3 is 6.18 Å². The molecular weight excluding hydrogens is 267 g/mol. The van der Waals surface area contributed by atoms with Gasteiger partial charge in [0.1, 0.15) is 0 Å². The van der Waals surface area contributed by atoms with Crippen LogP contribution in [-0.2, 0) is 4.74 Å². The van der Waals surface area contributed by atoms with Crippen LogP contribution >= 0.6 is 0 Å². The van der Waals surface area contributed by atoms with Crippen molar-refractivity contribution in [2.45, 2.75) is 43.5 Å². The lowest BCUT2D eigenvalue weighted by Crippen LogP contribution is -2.49. The molecule has 1 aromatic rings. The van der Waals surface area contributed by atoms with E-state index in [0.29, 0.717) is 12.1 Å². The molecule has 112 valence electrons. The lowest BCUT2D eigenvalue weighted by atomic mass is 9.79. The second kappa shape index (κ2) is 6.14. The molecule has 1 unspecified atom stereocenters. The smallest absolute Gasteiger partial charge is 0.377 e. The van der Waals surface area contributed by atoms with Gasteiger partial charge in [-0.25, -0.2) is 0 Å². The lowest BCUT2D eigenvalue weighted by molar-refractivity contribution is -0.142. The van der Waals surface area contributed by atoms with E-state index in [1.54, 1.807) is 37.4 Å². The highest BCUT2D eigenvalue weighted by atomic mass is 19.4. The molecule has 5 heteroatoms. The van der Waals surface area contributed by atoms with Crippen LogP contribution in [-0.4, -0.2) is 25.4 Å². The van der Waals surface area contributed by atoms with E-state index >= 15 is 0 Å². The first kappa shape index (κ1) is 15.3. The first-order valence-corrected chi connectivity index (χ1v) is 6.84. The van der Waals surface area contributed by atoms with E-state index in [1.807, 2.05) is 0 Å². The summed E-state index contributed by atoms with van der Waals surface area (Å²) in [5.41, 5.74) is 0.383. The summed E-state index contributed by atoms with van der Waals surface area (Å²) in [6, 6.07) is 8.05. The van der Waals surface area contributed by atoms with Crippen LogP contribution in [0.15, 0.2) is 30.3 Å². The standard InChI is InChI=1S/C15H20F3NO/c1-20-14(8-5-9-14)11-19-13(10-15(16,17)18)12-6-3-2-4-7-12/h2-4,6-7,13,19H,5,8-11H2,1H3. The van der Waals surface area contributed by atoms with Crippen LogP contribution < -0.4 is 5.32 Å². The monoisotopic (exact) mass is 287 g/mol. The molecule has 2 rings (SSSR count). The quantitative estimate of drug-likeness (QED) is 0.858. The summed E-state index contributed by atoms with van der Waals surface area (Å²) in [4.78, 5) is 0. The summed E-state index contributed by atoms with van der Waals surface area (Å²) in [5.74, 6) is 0. The van der Waals surface area contributed by atoms with E-state index in [-0.39, 0.29) is 5.60 Å². The molecule has 0 amide bonds. The molecule has 0 radical (unpaired) electrons. The summed E-state index contributed by atoms with van der Waals surface area (Å²) in [5, 5.41) is 3.04. The third-order valence-electron chi connectivity index (χ3n) is 4.01. The predicted octanol–water partition coefficient (Wildman–Crippen LogP) is 3.84. The van der Waals surface area contributed by atoms with E-state index < -0.39 is 18.6 Å². The van der Waals surface area contributed by atoms with Crippen LogP contribution in [0.1, 0.15) is 37.3 Å². The second-order valence-electron chi connectivity index (χ2n) is 5.40. The number of benzene rings is 1. The lowest BCUT2D eigenvalue weighted by Gasteiger charge is -2.41. The summed E-state index contributed by atoms with van der Waals surface area (Å²) >= 11 is 0. The van der Waals surface area contributed by atoms with Crippen molar-refractivity contribution in [3.8, 4) is 0 Å². The van der Waals surface area contributed by atoms with Crippen molar-refractivity contribution in [3.05, 3.63) is 35.9 Å². The van der Waals surface area contributed by atoms with E-state index in [0.717, 1.165) is 19.3 Å². The van der Waals surface area contributed by atoms with Crippen LogP contribution in [0.4, 0.5) is 13.2 Å². The Hall–Kier alpha value is -1.07. The van der Waals surface area contributed by atoms with Crippen LogP contribution in [0.5, 0.6) is 0 Å². The van der Waals surface area contributed by atoms with Gasteiger partial charge in [-0.1, -0.05) is 30.3 Å². The van der Waals surface area contributed by atoms with Gasteiger partial charge in [0.2, 0.25) is 0 Å². The van der Waals surface area contributed by atoms with Gasteiger partial charge in [-0.05, 0) is 24.8 Å². The minimum Gasteiger partial charge on any atom is -0.377 e. The van der Waals surface area contributed by atoms with Gasteiger partial charge in [0.15, 0.2) is 0 Å². The summed E-state index contributed by atoms with van der Waals surface area (Å²) < 4.78 is 43.6. The summed E-state index contributed by atoms with van der Waals surface area (Å²) in [7, 11) is 1.63. The van der Waals surface area contributed by atoms with Gasteiger partial charge in [-0.3, -0.25) is 0 Å². The molecule has 0 spiro atoms. The molecule has 1 N–H and O–H groups in total. The van der Waals surface area contributed by atoms with E-state index in [2.05, 4.69) is 5.32 Å². The zero-order valence-electron chi connectivity index (χ0n) is 11.5. The highest BCUT2D eigenvalue weighted by Gasteiger charge is 2.39. The molecule has 0 aromatic heterocycles. The third-order valence-corrected chi connectivity index (χ3v) is 4.01. The normalized spacial score (nSPS) is 19.4. The Bertz CT molecular complexity index is 409. The number of nitrogens with one attached hydrogen (secondary N) is 1. The molecule has 1 atom stereocenters. The minimum absolute atomic E-state index is 0.279. The van der Waals surface area contributed by atoms with Crippen molar-refractivity contribution < 1.29 is 17.9 Å². The number of hydrogen-bond acceptors (Lipinski definition) is 2. The molecule has 0 aliphatic heterocycles. The summed E-state index contributed by atoms with van der Waals surface area (Å²) in [6.07, 6.45) is -2.16. The SMILES string of the molecule is COC1(CNC(CC(F)(F)F)c2ccccc2)CCC1. The van der Waals surface area contributed by atoms with Crippen molar-refractivity contribution in [2.75, 3.05) is 13.7 Å². The second-order valence-corrected chi connectivity index (χ2v) is 5.40. The Morgan fingerprint density at radius 2 is 1.90 bits per heavy atom. The molecule has 1 fully saturated rings. The number of methoxy groups -OCH3 is 1. The minimum atomic E-state index is -4.19. The van der Waals surface area contributed by atoms with Crippen molar-refractivity contribution in [1.29, 1.82) is 0 Å². The fraction of sp³-hybridized carbons (Fsp3) is 0.600. The molecule has 0 bridgehead atoms. The fourth-order valence-electron chi connectivity index (χ4n) is 2.56. The van der Waals surface area contributed by atoms with Gasteiger partial charge in [0.05, 0.1) is 12.0 Å². The Morgan fingerprint density at radius 1 is 1.25 bits per heavy atom. The fourth-order valence-corrected chi connectivity index (χ4v) is 2.56. The molecule has 1 aliphatic carbocycles. The number of halogens is 3. The predicted molar refractivity (Wildman–Crippen MR) is 71.4 cm³/mol. The maximum absolute atomic E-state index is 12.7. The highest BCUT2D eigenvalue weighted by Crippen LogP contribution is 2.36. The van der Waals surface area contributed by atoms with Crippen LogP contribution in [0, 0.1) is 0 Å². The Labute approximate surface area is 117 Å². The molecule has 0 heterocycles. The Kier molecular flexibility index (Phi) is 4.70. The first-order valence-electron chi connectivity index (χ1n) is 6.84. The zero-order valence-corrected chi connectivity index (χ0v) is 11.5. The van der Waals surface area contributed by atoms with Gasteiger partial charge in [-0.2, -0.15) is 13.2 Å². The van der Waals surface area contributed by atoms with Gasteiger partial charge < -0.3 is 10.1 Å². The topological polar surface area (TPSA) is 21.3 Å². The van der Waals surface area contributed by atoms with Crippen molar-refractivity contribution in [3.63, 3.8) is 0 Å². The first-order chi connectivity index (χ1) is 9.44. The number of rotatable bonds is 6.